The van der Waals surface area contributed by atoms with Crippen molar-refractivity contribution in [1.29, 1.82) is 0 Å². The molecule has 0 saturated carbocycles. The van der Waals surface area contributed by atoms with Gasteiger partial charge in [0.1, 0.15) is 24.9 Å². The van der Waals surface area contributed by atoms with Crippen LogP contribution in [-0.2, 0) is 25.6 Å². The highest BCUT2D eigenvalue weighted by molar-refractivity contribution is 6.30. The number of esters is 2. The van der Waals surface area contributed by atoms with E-state index in [1.807, 2.05) is 0 Å². The number of halogens is 1. The fourth-order valence-electron chi connectivity index (χ4n) is 2.71. The highest BCUT2D eigenvalue weighted by Crippen LogP contribution is 2.24. The Morgan fingerprint density at radius 1 is 0.931 bits per heavy atom. The standard InChI is InChI=1S/C20H19ClO8/c21-13-8-6-12(7-9-13)18(25)29-20-16(24)14(22)15(23)17(28-20)19(26)27-10-11-4-2-1-3-5-11/h1-9,14-17,20,22-24H,10H2/t14-,15-,16+,17-,20-/m0/s1. The topological polar surface area (TPSA) is 123 Å². The normalized spacial score (nSPS) is 26.6. The minimum Gasteiger partial charge on any atom is -0.459 e. The molecule has 5 atom stereocenters. The molecule has 1 saturated heterocycles. The summed E-state index contributed by atoms with van der Waals surface area (Å²) >= 11 is 5.77. The molecule has 1 aliphatic heterocycles. The SMILES string of the molecule is O=C(O[C@@H]1O[C@H](C(=O)OCc2ccccc2)[C@@H](O)[C@H](O)[C@H]1O)c1ccc(Cl)cc1. The second-order valence-electron chi connectivity index (χ2n) is 6.40. The van der Waals surface area contributed by atoms with Gasteiger partial charge in [0.15, 0.2) is 6.10 Å². The lowest BCUT2D eigenvalue weighted by Gasteiger charge is -2.38. The van der Waals surface area contributed by atoms with E-state index in [4.69, 9.17) is 25.8 Å². The van der Waals surface area contributed by atoms with Crippen LogP contribution in [0.1, 0.15) is 15.9 Å². The summed E-state index contributed by atoms with van der Waals surface area (Å²) in [5.41, 5.74) is 0.825. The summed E-state index contributed by atoms with van der Waals surface area (Å²) < 4.78 is 15.4. The average molecular weight is 423 g/mol. The zero-order valence-electron chi connectivity index (χ0n) is 15.1. The lowest BCUT2D eigenvalue weighted by Crippen LogP contribution is -2.60. The summed E-state index contributed by atoms with van der Waals surface area (Å²) in [5.74, 6) is -1.84. The second-order valence-corrected chi connectivity index (χ2v) is 6.84. The van der Waals surface area contributed by atoms with Crippen molar-refractivity contribution in [1.82, 2.24) is 0 Å². The molecular formula is C20H19ClO8. The van der Waals surface area contributed by atoms with Crippen LogP contribution < -0.4 is 0 Å². The first-order valence-electron chi connectivity index (χ1n) is 8.73. The lowest BCUT2D eigenvalue weighted by molar-refractivity contribution is -0.280. The molecule has 1 fully saturated rings. The van der Waals surface area contributed by atoms with Crippen LogP contribution in [0.3, 0.4) is 0 Å². The fourth-order valence-corrected chi connectivity index (χ4v) is 2.84. The molecular weight excluding hydrogens is 404 g/mol. The third kappa shape index (κ3) is 5.11. The molecule has 154 valence electrons. The molecule has 3 N–H and O–H groups in total. The van der Waals surface area contributed by atoms with Crippen molar-refractivity contribution in [2.24, 2.45) is 0 Å². The van der Waals surface area contributed by atoms with Crippen molar-refractivity contribution in [3.63, 3.8) is 0 Å². The van der Waals surface area contributed by atoms with Gasteiger partial charge in [0, 0.05) is 5.02 Å². The number of carbonyl (C=O) groups is 2. The van der Waals surface area contributed by atoms with Gasteiger partial charge in [-0.05, 0) is 29.8 Å². The molecule has 0 spiro atoms. The van der Waals surface area contributed by atoms with Crippen molar-refractivity contribution in [2.45, 2.75) is 37.3 Å². The number of hydrogen-bond donors (Lipinski definition) is 3. The molecule has 1 heterocycles. The van der Waals surface area contributed by atoms with E-state index in [0.29, 0.717) is 10.6 Å². The quantitative estimate of drug-likeness (QED) is 0.611. The molecule has 0 unspecified atom stereocenters. The molecule has 9 heteroatoms. The molecule has 1 aliphatic rings. The largest absolute Gasteiger partial charge is 0.459 e. The number of aliphatic hydroxyl groups excluding tert-OH is 3. The molecule has 2 aromatic rings. The van der Waals surface area contributed by atoms with E-state index in [1.54, 1.807) is 30.3 Å². The number of ether oxygens (including phenoxy) is 3. The summed E-state index contributed by atoms with van der Waals surface area (Å²) in [6.07, 6.45) is -8.66. The zero-order valence-corrected chi connectivity index (χ0v) is 15.8. The number of aliphatic hydroxyl groups is 3. The first-order valence-corrected chi connectivity index (χ1v) is 9.11. The molecule has 2 aromatic carbocycles. The van der Waals surface area contributed by atoms with Crippen molar-refractivity contribution < 1.29 is 39.1 Å². The van der Waals surface area contributed by atoms with Crippen molar-refractivity contribution in [3.8, 4) is 0 Å². The Morgan fingerprint density at radius 2 is 1.59 bits per heavy atom. The molecule has 0 radical (unpaired) electrons. The van der Waals surface area contributed by atoms with Gasteiger partial charge in [0.2, 0.25) is 6.29 Å². The molecule has 0 bridgehead atoms. The molecule has 0 aromatic heterocycles. The third-order valence-corrected chi connectivity index (χ3v) is 4.58. The Balaban J connectivity index is 1.66. The van der Waals surface area contributed by atoms with E-state index < -0.39 is 42.6 Å². The van der Waals surface area contributed by atoms with E-state index in [0.717, 1.165) is 0 Å². The fraction of sp³-hybridized carbons (Fsp3) is 0.300. The number of hydrogen-bond acceptors (Lipinski definition) is 8. The van der Waals surface area contributed by atoms with Crippen molar-refractivity contribution >= 4 is 23.5 Å². The van der Waals surface area contributed by atoms with E-state index in [2.05, 4.69) is 0 Å². The number of benzene rings is 2. The van der Waals surface area contributed by atoms with Crippen LogP contribution in [0.15, 0.2) is 54.6 Å². The molecule has 8 nitrogen and oxygen atoms in total. The highest BCUT2D eigenvalue weighted by Gasteiger charge is 2.49. The Bertz CT molecular complexity index is 841. The Morgan fingerprint density at radius 3 is 2.24 bits per heavy atom. The monoisotopic (exact) mass is 422 g/mol. The van der Waals surface area contributed by atoms with Gasteiger partial charge in [-0.2, -0.15) is 0 Å². The smallest absolute Gasteiger partial charge is 0.340 e. The van der Waals surface area contributed by atoms with Gasteiger partial charge >= 0.3 is 11.9 Å². The van der Waals surface area contributed by atoms with Crippen molar-refractivity contribution in [2.75, 3.05) is 0 Å². The van der Waals surface area contributed by atoms with Gasteiger partial charge in [-0.3, -0.25) is 0 Å². The van der Waals surface area contributed by atoms with Gasteiger partial charge in [0.05, 0.1) is 5.56 Å². The summed E-state index contributed by atoms with van der Waals surface area (Å²) in [5, 5.41) is 30.6. The highest BCUT2D eigenvalue weighted by atomic mass is 35.5. The Hall–Kier alpha value is -2.49. The third-order valence-electron chi connectivity index (χ3n) is 4.33. The van der Waals surface area contributed by atoms with Crippen molar-refractivity contribution in [3.05, 3.63) is 70.7 Å². The molecule has 3 rings (SSSR count). The van der Waals surface area contributed by atoms with Crippen LogP contribution in [0.2, 0.25) is 5.02 Å². The Kier molecular flexibility index (Phi) is 6.83. The van der Waals surface area contributed by atoms with E-state index >= 15 is 0 Å². The van der Waals surface area contributed by atoms with E-state index in [-0.39, 0.29) is 12.2 Å². The lowest BCUT2D eigenvalue weighted by atomic mass is 9.99. The number of rotatable bonds is 5. The van der Waals surface area contributed by atoms with Gasteiger partial charge < -0.3 is 29.5 Å². The van der Waals surface area contributed by atoms with E-state index in [1.165, 1.54) is 24.3 Å². The summed E-state index contributed by atoms with van der Waals surface area (Å²) in [6.45, 7) is -0.0832. The minimum absolute atomic E-state index is 0.0832. The summed E-state index contributed by atoms with van der Waals surface area (Å²) in [4.78, 5) is 24.5. The van der Waals surface area contributed by atoms with E-state index in [9.17, 15) is 24.9 Å². The van der Waals surface area contributed by atoms with Gasteiger partial charge in [-0.15, -0.1) is 0 Å². The summed E-state index contributed by atoms with van der Waals surface area (Å²) in [7, 11) is 0. The Labute approximate surface area is 171 Å². The first kappa shape index (κ1) is 21.2. The van der Waals surface area contributed by atoms with Crippen LogP contribution in [0.25, 0.3) is 0 Å². The number of carbonyl (C=O) groups excluding carboxylic acids is 2. The second kappa shape index (κ2) is 9.34. The van der Waals surface area contributed by atoms with Crippen LogP contribution in [-0.4, -0.2) is 58.0 Å². The molecule has 0 amide bonds. The molecule has 0 aliphatic carbocycles. The zero-order chi connectivity index (χ0) is 21.0. The minimum atomic E-state index is -1.79. The van der Waals surface area contributed by atoms with Gasteiger partial charge in [-0.1, -0.05) is 41.9 Å². The maximum atomic E-state index is 12.3. The van der Waals surface area contributed by atoms with Crippen LogP contribution in [0.5, 0.6) is 0 Å². The maximum absolute atomic E-state index is 12.3. The van der Waals surface area contributed by atoms with Crippen LogP contribution in [0.4, 0.5) is 0 Å². The van der Waals surface area contributed by atoms with Crippen LogP contribution in [0, 0.1) is 0 Å². The molecule has 29 heavy (non-hydrogen) atoms. The maximum Gasteiger partial charge on any atom is 0.340 e. The predicted molar refractivity (Wildman–Crippen MR) is 99.8 cm³/mol. The van der Waals surface area contributed by atoms with Gasteiger partial charge in [0.25, 0.3) is 0 Å². The predicted octanol–water partition coefficient (Wildman–Crippen LogP) is 1.05. The average Bonchev–Trinajstić information content (AvgIpc) is 2.73. The first-order chi connectivity index (χ1) is 13.9. The van der Waals surface area contributed by atoms with Crippen LogP contribution >= 0.6 is 11.6 Å². The van der Waals surface area contributed by atoms with Gasteiger partial charge in [-0.25, -0.2) is 9.59 Å². The summed E-state index contributed by atoms with van der Waals surface area (Å²) in [6, 6.07) is 14.5.